The second-order valence-corrected chi connectivity index (χ2v) is 6.99. The highest BCUT2D eigenvalue weighted by Gasteiger charge is 2.25. The molecule has 2 aliphatic rings. The number of likely N-dealkylation sites (N-methyl/N-ethyl adjacent to an activating group) is 1. The lowest BCUT2D eigenvalue weighted by Crippen LogP contribution is -2.49. The Hall–Kier alpha value is -2.81. The van der Waals surface area contributed by atoms with Gasteiger partial charge >= 0.3 is 0 Å². The quantitative estimate of drug-likeness (QED) is 0.750. The number of rotatable bonds is 4. The molecule has 28 heavy (non-hydrogen) atoms. The van der Waals surface area contributed by atoms with Crippen molar-refractivity contribution in [2.75, 3.05) is 68.7 Å². The van der Waals surface area contributed by atoms with Gasteiger partial charge in [-0.1, -0.05) is 6.92 Å². The fraction of sp³-hybridized carbons (Fsp3) is 0.526. The Balaban J connectivity index is 1.38. The summed E-state index contributed by atoms with van der Waals surface area (Å²) in [5.74, 6) is 1.33. The Morgan fingerprint density at radius 1 is 0.857 bits per heavy atom. The summed E-state index contributed by atoms with van der Waals surface area (Å²) in [6, 6.07) is 3.51. The van der Waals surface area contributed by atoms with Gasteiger partial charge in [0.2, 0.25) is 11.9 Å². The van der Waals surface area contributed by atoms with Crippen LogP contribution in [0.1, 0.15) is 17.4 Å². The lowest BCUT2D eigenvalue weighted by atomic mass is 10.2. The molecule has 0 atom stereocenters. The van der Waals surface area contributed by atoms with Crippen LogP contribution >= 0.6 is 0 Å². The molecule has 0 N–H and O–H groups in total. The first kappa shape index (κ1) is 18.5. The smallest absolute Gasteiger partial charge is 0.272 e. The molecule has 0 unspecified atom stereocenters. The highest BCUT2D eigenvalue weighted by Crippen LogP contribution is 2.15. The van der Waals surface area contributed by atoms with E-state index < -0.39 is 0 Å². The third-order valence-corrected chi connectivity index (χ3v) is 5.37. The Morgan fingerprint density at radius 2 is 1.46 bits per heavy atom. The fourth-order valence-electron chi connectivity index (χ4n) is 3.61. The zero-order valence-electron chi connectivity index (χ0n) is 16.2. The average Bonchev–Trinajstić information content (AvgIpc) is 2.79. The van der Waals surface area contributed by atoms with Gasteiger partial charge in [0.1, 0.15) is 5.69 Å². The molecule has 2 fully saturated rings. The van der Waals surface area contributed by atoms with E-state index in [2.05, 4.69) is 41.6 Å². The molecule has 2 aliphatic heterocycles. The summed E-state index contributed by atoms with van der Waals surface area (Å²) in [7, 11) is 0. The standard InChI is InChI=1S/C19H26N8O/c1-2-24-8-10-27(11-9-24)19-22-7-4-16(23-19)17(28)25-12-14-26(15-13-25)18-20-5-3-6-21-18/h3-7H,2,8-15H2,1H3. The summed E-state index contributed by atoms with van der Waals surface area (Å²) in [6.07, 6.45) is 5.17. The predicted octanol–water partition coefficient (Wildman–Crippen LogP) is 0.371. The van der Waals surface area contributed by atoms with Crippen LogP contribution < -0.4 is 9.80 Å². The van der Waals surface area contributed by atoms with E-state index in [1.807, 2.05) is 4.90 Å². The van der Waals surface area contributed by atoms with Crippen LogP contribution in [0.3, 0.4) is 0 Å². The molecule has 2 aromatic rings. The van der Waals surface area contributed by atoms with Crippen molar-refractivity contribution in [1.29, 1.82) is 0 Å². The molecule has 4 heterocycles. The second-order valence-electron chi connectivity index (χ2n) is 6.99. The molecule has 0 saturated carbocycles. The van der Waals surface area contributed by atoms with Crippen LogP contribution in [0.5, 0.6) is 0 Å². The van der Waals surface area contributed by atoms with Gasteiger partial charge in [0.25, 0.3) is 5.91 Å². The van der Waals surface area contributed by atoms with Gasteiger partial charge < -0.3 is 19.6 Å². The van der Waals surface area contributed by atoms with E-state index in [0.717, 1.165) is 32.7 Å². The van der Waals surface area contributed by atoms with Gasteiger partial charge in [-0.3, -0.25) is 4.79 Å². The maximum Gasteiger partial charge on any atom is 0.272 e. The van der Waals surface area contributed by atoms with Gasteiger partial charge in [0.05, 0.1) is 0 Å². The Bertz CT molecular complexity index is 786. The largest absolute Gasteiger partial charge is 0.338 e. The lowest BCUT2D eigenvalue weighted by Gasteiger charge is -2.35. The van der Waals surface area contributed by atoms with Crippen LogP contribution in [0.25, 0.3) is 0 Å². The van der Waals surface area contributed by atoms with Crippen molar-refractivity contribution in [3.8, 4) is 0 Å². The van der Waals surface area contributed by atoms with E-state index in [4.69, 9.17) is 0 Å². The summed E-state index contributed by atoms with van der Waals surface area (Å²) in [6.45, 7) is 9.71. The molecule has 0 aliphatic carbocycles. The topological polar surface area (TPSA) is 81.6 Å². The zero-order valence-corrected chi connectivity index (χ0v) is 16.2. The number of hydrogen-bond acceptors (Lipinski definition) is 8. The van der Waals surface area contributed by atoms with Crippen LogP contribution in [-0.4, -0.2) is 94.5 Å². The molecule has 2 saturated heterocycles. The van der Waals surface area contributed by atoms with Crippen LogP contribution in [0.4, 0.5) is 11.9 Å². The van der Waals surface area contributed by atoms with Crippen molar-refractivity contribution < 1.29 is 4.79 Å². The molecule has 2 aromatic heterocycles. The summed E-state index contributed by atoms with van der Waals surface area (Å²) < 4.78 is 0. The number of nitrogens with zero attached hydrogens (tertiary/aromatic N) is 8. The van der Waals surface area contributed by atoms with Crippen LogP contribution in [0.2, 0.25) is 0 Å². The number of piperazine rings is 2. The number of aromatic nitrogens is 4. The Morgan fingerprint density at radius 3 is 2.14 bits per heavy atom. The van der Waals surface area contributed by atoms with Crippen LogP contribution in [0.15, 0.2) is 30.7 Å². The van der Waals surface area contributed by atoms with Crippen molar-refractivity contribution in [2.24, 2.45) is 0 Å². The third kappa shape index (κ3) is 4.04. The number of anilines is 2. The molecular formula is C19H26N8O. The summed E-state index contributed by atoms with van der Waals surface area (Å²) in [4.78, 5) is 39.0. The van der Waals surface area contributed by atoms with Crippen molar-refractivity contribution in [1.82, 2.24) is 29.7 Å². The predicted molar refractivity (Wildman–Crippen MR) is 107 cm³/mol. The molecule has 9 heteroatoms. The maximum atomic E-state index is 12.9. The summed E-state index contributed by atoms with van der Waals surface area (Å²) in [5, 5.41) is 0. The highest BCUT2D eigenvalue weighted by molar-refractivity contribution is 5.92. The van der Waals surface area contributed by atoms with Gasteiger partial charge in [-0.05, 0) is 18.7 Å². The number of carbonyl (C=O) groups is 1. The lowest BCUT2D eigenvalue weighted by molar-refractivity contribution is 0.0740. The van der Waals surface area contributed by atoms with Gasteiger partial charge in [-0.25, -0.2) is 19.9 Å². The molecule has 1 amide bonds. The third-order valence-electron chi connectivity index (χ3n) is 5.37. The van der Waals surface area contributed by atoms with Crippen molar-refractivity contribution in [2.45, 2.75) is 6.92 Å². The molecule has 148 valence electrons. The van der Waals surface area contributed by atoms with Crippen molar-refractivity contribution >= 4 is 17.8 Å². The maximum absolute atomic E-state index is 12.9. The number of hydrogen-bond donors (Lipinski definition) is 0. The summed E-state index contributed by atoms with van der Waals surface area (Å²) >= 11 is 0. The SMILES string of the molecule is CCN1CCN(c2nccc(C(=O)N3CCN(c4ncccn4)CC3)n2)CC1. The number of amides is 1. The Labute approximate surface area is 165 Å². The van der Waals surface area contributed by atoms with Crippen LogP contribution in [-0.2, 0) is 0 Å². The fourth-order valence-corrected chi connectivity index (χ4v) is 3.61. The zero-order chi connectivity index (χ0) is 19.3. The first-order valence-corrected chi connectivity index (χ1v) is 9.86. The molecule has 0 bridgehead atoms. The first-order valence-electron chi connectivity index (χ1n) is 9.86. The van der Waals surface area contributed by atoms with Crippen molar-refractivity contribution in [3.63, 3.8) is 0 Å². The second kappa shape index (κ2) is 8.47. The van der Waals surface area contributed by atoms with Gasteiger partial charge in [-0.15, -0.1) is 0 Å². The monoisotopic (exact) mass is 382 g/mol. The molecular weight excluding hydrogens is 356 g/mol. The normalized spacial score (nSPS) is 18.4. The molecule has 4 rings (SSSR count). The molecule has 0 spiro atoms. The number of carbonyl (C=O) groups excluding carboxylic acids is 1. The minimum absolute atomic E-state index is 0.0375. The van der Waals surface area contributed by atoms with E-state index in [-0.39, 0.29) is 5.91 Å². The summed E-state index contributed by atoms with van der Waals surface area (Å²) in [5.41, 5.74) is 0.465. The van der Waals surface area contributed by atoms with E-state index in [9.17, 15) is 4.79 Å². The Kier molecular flexibility index (Phi) is 5.61. The van der Waals surface area contributed by atoms with Crippen LogP contribution in [0, 0.1) is 0 Å². The van der Waals surface area contributed by atoms with Gasteiger partial charge in [-0.2, -0.15) is 0 Å². The minimum atomic E-state index is -0.0375. The first-order chi connectivity index (χ1) is 13.7. The van der Waals surface area contributed by atoms with E-state index in [0.29, 0.717) is 43.8 Å². The van der Waals surface area contributed by atoms with Crippen molar-refractivity contribution in [3.05, 3.63) is 36.4 Å². The average molecular weight is 382 g/mol. The van der Waals surface area contributed by atoms with E-state index in [1.165, 1.54) is 0 Å². The molecule has 0 aromatic carbocycles. The molecule has 0 radical (unpaired) electrons. The highest BCUT2D eigenvalue weighted by atomic mass is 16.2. The molecule has 9 nitrogen and oxygen atoms in total. The van der Waals surface area contributed by atoms with E-state index in [1.54, 1.807) is 30.7 Å². The minimum Gasteiger partial charge on any atom is -0.338 e. The van der Waals surface area contributed by atoms with Gasteiger partial charge in [0.15, 0.2) is 0 Å². The van der Waals surface area contributed by atoms with E-state index >= 15 is 0 Å². The van der Waals surface area contributed by atoms with Gasteiger partial charge in [0, 0.05) is 70.9 Å².